The fourth-order valence-corrected chi connectivity index (χ4v) is 3.59. The van der Waals surface area contributed by atoms with Crippen molar-refractivity contribution in [3.63, 3.8) is 0 Å². The molecule has 0 aromatic carbocycles. The van der Waals surface area contributed by atoms with E-state index >= 15 is 0 Å². The van der Waals surface area contributed by atoms with Crippen molar-refractivity contribution < 1.29 is 9.53 Å². The lowest BCUT2D eigenvalue weighted by Crippen LogP contribution is -2.24. The van der Waals surface area contributed by atoms with E-state index in [0.29, 0.717) is 0 Å². The van der Waals surface area contributed by atoms with Crippen LogP contribution in [0.4, 0.5) is 0 Å². The Hall–Kier alpha value is -0.530. The molecule has 0 aromatic rings. The predicted molar refractivity (Wildman–Crippen MR) is 115 cm³/mol. The molecule has 26 heavy (non-hydrogen) atoms. The summed E-state index contributed by atoms with van der Waals surface area (Å²) in [5.41, 5.74) is 0. The summed E-state index contributed by atoms with van der Waals surface area (Å²) in [6.45, 7) is 8.82. The van der Waals surface area contributed by atoms with Gasteiger partial charge in [-0.25, -0.2) is 0 Å². The van der Waals surface area contributed by atoms with Gasteiger partial charge < -0.3 is 4.74 Å². The van der Waals surface area contributed by atoms with Crippen LogP contribution in [0.15, 0.2) is 0 Å². The van der Waals surface area contributed by atoms with Gasteiger partial charge in [0.15, 0.2) is 0 Å². The molecule has 2 atom stereocenters. The lowest BCUT2D eigenvalue weighted by molar-refractivity contribution is -0.155. The van der Waals surface area contributed by atoms with Gasteiger partial charge in [0.1, 0.15) is 6.10 Å². The lowest BCUT2D eigenvalue weighted by atomic mass is 9.98. The van der Waals surface area contributed by atoms with Crippen molar-refractivity contribution >= 4 is 5.97 Å². The van der Waals surface area contributed by atoms with Crippen LogP contribution < -0.4 is 0 Å². The maximum absolute atomic E-state index is 12.6. The standard InChI is InChI=1S/C24H48O2/c1-5-9-12-14-15-16-18-21-23(20-17-13-10-6-2)26-24(25)22(8-4)19-11-7-3/h22-23H,5-21H2,1-4H3. The van der Waals surface area contributed by atoms with Gasteiger partial charge in [0, 0.05) is 0 Å². The first kappa shape index (κ1) is 25.5. The van der Waals surface area contributed by atoms with Gasteiger partial charge in [-0.2, -0.15) is 0 Å². The van der Waals surface area contributed by atoms with Crippen molar-refractivity contribution in [1.82, 2.24) is 0 Å². The van der Waals surface area contributed by atoms with E-state index in [-0.39, 0.29) is 18.0 Å². The van der Waals surface area contributed by atoms with Crippen molar-refractivity contribution in [3.05, 3.63) is 0 Å². The molecule has 0 fully saturated rings. The Morgan fingerprint density at radius 2 is 1.08 bits per heavy atom. The van der Waals surface area contributed by atoms with Gasteiger partial charge >= 0.3 is 5.97 Å². The minimum atomic E-state index is 0.0735. The molecule has 0 rings (SSSR count). The Kier molecular flexibility index (Phi) is 18.8. The largest absolute Gasteiger partial charge is 0.462 e. The second-order valence-corrected chi connectivity index (χ2v) is 8.07. The van der Waals surface area contributed by atoms with Gasteiger partial charge in [0.05, 0.1) is 5.92 Å². The van der Waals surface area contributed by atoms with E-state index in [9.17, 15) is 4.79 Å². The summed E-state index contributed by atoms with van der Waals surface area (Å²) >= 11 is 0. The maximum Gasteiger partial charge on any atom is 0.309 e. The number of hydrogen-bond donors (Lipinski definition) is 0. The van der Waals surface area contributed by atoms with E-state index in [1.807, 2.05) is 0 Å². The SMILES string of the molecule is CCCCCCCCCC(CCCCCC)OC(=O)C(CC)CCCC. The van der Waals surface area contributed by atoms with E-state index in [2.05, 4.69) is 27.7 Å². The Labute approximate surface area is 164 Å². The maximum atomic E-state index is 12.6. The third-order valence-electron chi connectivity index (χ3n) is 5.52. The van der Waals surface area contributed by atoms with E-state index in [0.717, 1.165) is 38.5 Å². The number of esters is 1. The highest BCUT2D eigenvalue weighted by Gasteiger charge is 2.21. The zero-order chi connectivity index (χ0) is 19.5. The molecular formula is C24H48O2. The quantitative estimate of drug-likeness (QED) is 0.169. The van der Waals surface area contributed by atoms with Crippen molar-refractivity contribution in [1.29, 1.82) is 0 Å². The molecule has 0 radical (unpaired) electrons. The third-order valence-corrected chi connectivity index (χ3v) is 5.52. The number of unbranched alkanes of at least 4 members (excludes halogenated alkanes) is 10. The Morgan fingerprint density at radius 3 is 1.58 bits per heavy atom. The zero-order valence-electron chi connectivity index (χ0n) is 18.5. The number of carbonyl (C=O) groups is 1. The zero-order valence-corrected chi connectivity index (χ0v) is 18.5. The molecular weight excluding hydrogens is 320 g/mol. The number of rotatable bonds is 19. The van der Waals surface area contributed by atoms with E-state index in [1.54, 1.807) is 0 Å². The van der Waals surface area contributed by atoms with Crippen LogP contribution in [0.1, 0.15) is 137 Å². The molecule has 0 heterocycles. The van der Waals surface area contributed by atoms with Crippen LogP contribution in [0.25, 0.3) is 0 Å². The molecule has 0 saturated carbocycles. The molecule has 0 aromatic heterocycles. The van der Waals surface area contributed by atoms with Gasteiger partial charge in [0.25, 0.3) is 0 Å². The first-order valence-electron chi connectivity index (χ1n) is 11.9. The first-order chi connectivity index (χ1) is 12.7. The fraction of sp³-hybridized carbons (Fsp3) is 0.958. The molecule has 0 saturated heterocycles. The van der Waals surface area contributed by atoms with E-state index < -0.39 is 0 Å². The minimum absolute atomic E-state index is 0.0735. The molecule has 2 heteroatoms. The average Bonchev–Trinajstić information content (AvgIpc) is 2.64. The highest BCUT2D eigenvalue weighted by Crippen LogP contribution is 2.20. The van der Waals surface area contributed by atoms with Crippen molar-refractivity contribution in [2.75, 3.05) is 0 Å². The fourth-order valence-electron chi connectivity index (χ4n) is 3.59. The molecule has 0 aliphatic heterocycles. The van der Waals surface area contributed by atoms with E-state index in [4.69, 9.17) is 4.74 Å². The molecule has 156 valence electrons. The van der Waals surface area contributed by atoms with Crippen molar-refractivity contribution in [2.45, 2.75) is 143 Å². The average molecular weight is 369 g/mol. The highest BCUT2D eigenvalue weighted by atomic mass is 16.5. The predicted octanol–water partition coefficient (Wildman–Crippen LogP) is 8.23. The van der Waals surface area contributed by atoms with Gasteiger partial charge in [0.2, 0.25) is 0 Å². The summed E-state index contributed by atoms with van der Waals surface area (Å²) in [5.74, 6) is 0.187. The molecule has 0 aliphatic carbocycles. The lowest BCUT2D eigenvalue weighted by Gasteiger charge is -2.21. The van der Waals surface area contributed by atoms with E-state index in [1.165, 1.54) is 70.6 Å². The highest BCUT2D eigenvalue weighted by molar-refractivity contribution is 5.72. The Bertz CT molecular complexity index is 301. The van der Waals surface area contributed by atoms with Crippen LogP contribution in [0.3, 0.4) is 0 Å². The Balaban J connectivity index is 4.24. The minimum Gasteiger partial charge on any atom is -0.462 e. The molecule has 0 N–H and O–H groups in total. The van der Waals surface area contributed by atoms with Gasteiger partial charge in [-0.15, -0.1) is 0 Å². The second-order valence-electron chi connectivity index (χ2n) is 8.07. The number of hydrogen-bond acceptors (Lipinski definition) is 2. The summed E-state index contributed by atoms with van der Waals surface area (Å²) in [6, 6.07) is 0. The van der Waals surface area contributed by atoms with Crippen molar-refractivity contribution in [3.8, 4) is 0 Å². The van der Waals surface area contributed by atoms with Crippen LogP contribution >= 0.6 is 0 Å². The van der Waals surface area contributed by atoms with Crippen LogP contribution in [-0.4, -0.2) is 12.1 Å². The summed E-state index contributed by atoms with van der Waals surface area (Å²) in [7, 11) is 0. The summed E-state index contributed by atoms with van der Waals surface area (Å²) in [4.78, 5) is 12.6. The smallest absolute Gasteiger partial charge is 0.309 e. The summed E-state index contributed by atoms with van der Waals surface area (Å²) in [5, 5.41) is 0. The molecule has 2 nitrogen and oxygen atoms in total. The molecule has 0 bridgehead atoms. The summed E-state index contributed by atoms with van der Waals surface area (Å²) in [6.07, 6.45) is 20.8. The normalized spacial score (nSPS) is 13.5. The van der Waals surface area contributed by atoms with Crippen LogP contribution in [-0.2, 0) is 9.53 Å². The van der Waals surface area contributed by atoms with Gasteiger partial charge in [-0.3, -0.25) is 4.79 Å². The third kappa shape index (κ3) is 14.6. The topological polar surface area (TPSA) is 26.3 Å². The molecule has 0 spiro atoms. The van der Waals surface area contributed by atoms with Crippen LogP contribution in [0, 0.1) is 5.92 Å². The number of ether oxygens (including phenoxy) is 1. The molecule has 2 unspecified atom stereocenters. The first-order valence-corrected chi connectivity index (χ1v) is 11.9. The van der Waals surface area contributed by atoms with Crippen molar-refractivity contribution in [2.24, 2.45) is 5.92 Å². The van der Waals surface area contributed by atoms with Crippen LogP contribution in [0.5, 0.6) is 0 Å². The molecule has 0 amide bonds. The van der Waals surface area contributed by atoms with Gasteiger partial charge in [-0.05, 0) is 38.5 Å². The monoisotopic (exact) mass is 368 g/mol. The second kappa shape index (κ2) is 19.2. The number of carbonyl (C=O) groups excluding carboxylic acids is 1. The molecule has 0 aliphatic rings. The van der Waals surface area contributed by atoms with Gasteiger partial charge in [-0.1, -0.05) is 98.3 Å². The summed E-state index contributed by atoms with van der Waals surface area (Å²) < 4.78 is 5.99. The van der Waals surface area contributed by atoms with Crippen LogP contribution in [0.2, 0.25) is 0 Å². The Morgan fingerprint density at radius 1 is 0.615 bits per heavy atom.